The van der Waals surface area contributed by atoms with Gasteiger partial charge in [-0.15, -0.1) is 0 Å². The molecule has 0 aliphatic rings. The Morgan fingerprint density at radius 2 is 0.944 bits per heavy atom. The summed E-state index contributed by atoms with van der Waals surface area (Å²) in [6, 6.07) is 14.5. The second kappa shape index (κ2) is 12.7. The Labute approximate surface area is 205 Å². The molecule has 0 aliphatic carbocycles. The van der Waals surface area contributed by atoms with Crippen LogP contribution in [-0.2, 0) is 0 Å². The van der Waals surface area contributed by atoms with Gasteiger partial charge in [0, 0.05) is 13.8 Å². The van der Waals surface area contributed by atoms with E-state index in [1.165, 1.54) is 0 Å². The van der Waals surface area contributed by atoms with Gasteiger partial charge in [-0.2, -0.15) is 26.3 Å². The molecule has 4 atom stereocenters. The number of rotatable bonds is 8. The number of nitrogens with zero attached hydrogens (tertiary/aromatic N) is 2. The van der Waals surface area contributed by atoms with Crippen LogP contribution in [0.5, 0.6) is 0 Å². The molecule has 0 radical (unpaired) electrons. The van der Waals surface area contributed by atoms with E-state index in [1.807, 2.05) is 0 Å². The van der Waals surface area contributed by atoms with Gasteiger partial charge in [0.15, 0.2) is 0 Å². The van der Waals surface area contributed by atoms with Gasteiger partial charge in [-0.25, -0.2) is 23.8 Å². The number of halogens is 6. The third-order valence-electron chi connectivity index (χ3n) is 5.23. The third-order valence-corrected chi connectivity index (χ3v) is 5.23. The predicted octanol–water partition coefficient (Wildman–Crippen LogP) is 5.01. The van der Waals surface area contributed by atoms with Crippen LogP contribution >= 0.6 is 0 Å². The minimum atomic E-state index is -4.71. The molecule has 0 bridgehead atoms. The van der Waals surface area contributed by atoms with Crippen molar-refractivity contribution in [2.75, 3.05) is 13.2 Å². The molecular formula is C24H26F6N4O2. The molecular weight excluding hydrogens is 490 g/mol. The first kappa shape index (κ1) is 30.9. The third kappa shape index (κ3) is 7.93. The van der Waals surface area contributed by atoms with E-state index in [0.29, 0.717) is 11.1 Å². The predicted molar refractivity (Wildman–Crippen MR) is 121 cm³/mol. The van der Waals surface area contributed by atoms with E-state index in [9.17, 15) is 36.6 Å². The number of aliphatic hydroxyl groups excluding tert-OH is 2. The first-order valence-corrected chi connectivity index (χ1v) is 10.5. The lowest BCUT2D eigenvalue weighted by Crippen LogP contribution is -2.53. The number of hydrogen-bond donors (Lipinski definition) is 4. The van der Waals surface area contributed by atoms with Crippen LogP contribution in [0.25, 0.3) is 9.69 Å². The van der Waals surface area contributed by atoms with Crippen LogP contribution in [0.1, 0.15) is 37.1 Å². The lowest BCUT2D eigenvalue weighted by molar-refractivity contribution is -0.181. The van der Waals surface area contributed by atoms with E-state index in [4.69, 9.17) is 13.1 Å². The number of hydrogen-bond acceptors (Lipinski definition) is 4. The summed E-state index contributed by atoms with van der Waals surface area (Å²) in [6.07, 6.45) is -9.42. The fraction of sp³-hybridized carbons (Fsp3) is 0.417. The van der Waals surface area contributed by atoms with Crippen LogP contribution in [0, 0.1) is 13.1 Å². The molecule has 6 nitrogen and oxygen atoms in total. The summed E-state index contributed by atoms with van der Waals surface area (Å²) in [4.78, 5) is 5.21. The van der Waals surface area contributed by atoms with Crippen molar-refractivity contribution in [3.8, 4) is 0 Å². The molecule has 36 heavy (non-hydrogen) atoms. The molecule has 0 aromatic heterocycles. The Morgan fingerprint density at radius 3 is 1.14 bits per heavy atom. The summed E-state index contributed by atoms with van der Waals surface area (Å²) >= 11 is 0. The van der Waals surface area contributed by atoms with Gasteiger partial charge >= 0.3 is 23.7 Å². The molecule has 0 fully saturated rings. The highest BCUT2D eigenvalue weighted by Gasteiger charge is 2.60. The quantitative estimate of drug-likeness (QED) is 0.294. The monoisotopic (exact) mass is 516 g/mol. The second-order valence-electron chi connectivity index (χ2n) is 7.94. The highest BCUT2D eigenvalue weighted by Crippen LogP contribution is 2.34. The lowest BCUT2D eigenvalue weighted by Gasteiger charge is -2.26. The summed E-state index contributed by atoms with van der Waals surface area (Å²) in [5.41, 5.74) is -4.43. The normalized spacial score (nSPS) is 16.7. The van der Waals surface area contributed by atoms with Gasteiger partial charge in [0.1, 0.15) is 0 Å². The topological polar surface area (TPSA) is 73.2 Å². The fourth-order valence-corrected chi connectivity index (χ4v) is 2.87. The Morgan fingerprint density at radius 1 is 0.667 bits per heavy atom. The van der Waals surface area contributed by atoms with Gasteiger partial charge in [-0.3, -0.25) is 9.69 Å². The minimum absolute atomic E-state index is 0.499. The molecule has 2 aromatic carbocycles. The van der Waals surface area contributed by atoms with E-state index in [1.54, 1.807) is 60.7 Å². The highest BCUT2D eigenvalue weighted by molar-refractivity contribution is 5.21. The van der Waals surface area contributed by atoms with Crippen LogP contribution in [0.4, 0.5) is 26.3 Å². The van der Waals surface area contributed by atoms with Crippen LogP contribution in [0.15, 0.2) is 60.7 Å². The molecule has 2 rings (SSSR count). The van der Waals surface area contributed by atoms with E-state index in [0.717, 1.165) is 13.8 Å². The molecule has 0 spiro atoms. The number of nitrogens with one attached hydrogen (secondary N) is 2. The summed E-state index contributed by atoms with van der Waals surface area (Å²) in [7, 11) is 0. The number of aliphatic hydroxyl groups is 2. The van der Waals surface area contributed by atoms with Crippen LogP contribution in [0.2, 0.25) is 0 Å². The summed E-state index contributed by atoms with van der Waals surface area (Å²) in [6.45, 7) is 13.9. The largest absolute Gasteiger partial charge is 0.484 e. The van der Waals surface area contributed by atoms with Gasteiger partial charge in [0.25, 0.3) is 0 Å². The smallest absolute Gasteiger partial charge is 0.394 e. The fourth-order valence-electron chi connectivity index (χ4n) is 2.87. The molecule has 0 saturated heterocycles. The lowest BCUT2D eigenvalue weighted by atomic mass is 10.0. The van der Waals surface area contributed by atoms with Gasteiger partial charge in [0.2, 0.25) is 0 Å². The zero-order valence-electron chi connectivity index (χ0n) is 19.4. The number of benzene rings is 2. The van der Waals surface area contributed by atoms with Gasteiger partial charge in [-0.1, -0.05) is 60.7 Å². The van der Waals surface area contributed by atoms with Crippen LogP contribution < -0.4 is 10.6 Å². The Kier molecular flexibility index (Phi) is 10.9. The Bertz CT molecular complexity index is 938. The summed E-state index contributed by atoms with van der Waals surface area (Å²) < 4.78 is 76.6. The van der Waals surface area contributed by atoms with E-state index in [-0.39, 0.29) is 0 Å². The minimum Gasteiger partial charge on any atom is -0.394 e. The van der Waals surface area contributed by atoms with Crippen molar-refractivity contribution in [1.29, 1.82) is 0 Å². The molecule has 0 amide bonds. The average Bonchev–Trinajstić information content (AvgIpc) is 2.85. The molecule has 4 N–H and O–H groups in total. The molecule has 196 valence electrons. The Hall–Kier alpha value is -3.16. The van der Waals surface area contributed by atoms with Crippen molar-refractivity contribution in [3.05, 3.63) is 94.6 Å². The maximum absolute atomic E-state index is 12.8. The van der Waals surface area contributed by atoms with Crippen molar-refractivity contribution < 1.29 is 36.6 Å². The average molecular weight is 516 g/mol. The molecule has 0 unspecified atom stereocenters. The zero-order valence-corrected chi connectivity index (χ0v) is 19.4. The van der Waals surface area contributed by atoms with E-state index >= 15 is 0 Å². The SMILES string of the molecule is [C-]#[N+][C@@](C)(N[C@@H](CO)c1ccccc1)C(F)(F)F.[C-]#[N+][C@](C)(N[C@@H](CO)c1ccccc1)C(F)(F)F. The summed E-state index contributed by atoms with van der Waals surface area (Å²) in [5, 5.41) is 22.7. The first-order valence-electron chi connectivity index (χ1n) is 10.5. The summed E-state index contributed by atoms with van der Waals surface area (Å²) in [5.74, 6) is 0. The van der Waals surface area contributed by atoms with Gasteiger partial charge in [-0.05, 0) is 11.1 Å². The standard InChI is InChI=1S/2C12H13F3N2O/c2*1-11(16-2,12(13,14)15)17-10(8-18)9-6-4-3-5-7-9/h2*3-7,10,17-18H,8H2,1H3/t10-,11+;10-,11-/m00/s1. The van der Waals surface area contributed by atoms with Crippen LogP contribution in [0.3, 0.4) is 0 Å². The molecule has 0 saturated carbocycles. The molecule has 0 aliphatic heterocycles. The maximum atomic E-state index is 12.8. The Balaban J connectivity index is 0.000000360. The first-order chi connectivity index (χ1) is 16.7. The zero-order chi connectivity index (χ0) is 27.6. The highest BCUT2D eigenvalue weighted by atomic mass is 19.4. The second-order valence-corrected chi connectivity index (χ2v) is 7.94. The molecule has 12 heteroatoms. The van der Waals surface area contributed by atoms with E-state index in [2.05, 4.69) is 20.3 Å². The van der Waals surface area contributed by atoms with E-state index < -0.39 is 49.0 Å². The maximum Gasteiger partial charge on any atom is 0.484 e. The van der Waals surface area contributed by atoms with Crippen molar-refractivity contribution in [3.63, 3.8) is 0 Å². The van der Waals surface area contributed by atoms with Crippen molar-refractivity contribution in [1.82, 2.24) is 10.6 Å². The van der Waals surface area contributed by atoms with Crippen molar-refractivity contribution in [2.45, 2.75) is 49.6 Å². The number of alkyl halides is 6. The van der Waals surface area contributed by atoms with Crippen molar-refractivity contribution in [2.24, 2.45) is 0 Å². The molecule has 2 aromatic rings. The van der Waals surface area contributed by atoms with Gasteiger partial charge in [0.05, 0.1) is 25.3 Å². The van der Waals surface area contributed by atoms with Gasteiger partial charge < -0.3 is 10.2 Å². The van der Waals surface area contributed by atoms with Crippen LogP contribution in [-0.4, -0.2) is 47.1 Å². The van der Waals surface area contributed by atoms with Crippen molar-refractivity contribution >= 4 is 0 Å². The molecule has 0 heterocycles.